The highest BCUT2D eigenvalue weighted by Crippen LogP contribution is 2.38. The van der Waals surface area contributed by atoms with Crippen LogP contribution in [0.15, 0.2) is 60.9 Å². The van der Waals surface area contributed by atoms with Crippen LogP contribution in [0.5, 0.6) is 11.5 Å². The molecule has 2 N–H and O–H groups in total. The topological polar surface area (TPSA) is 78.8 Å². The van der Waals surface area contributed by atoms with E-state index in [0.29, 0.717) is 22.1 Å². The summed E-state index contributed by atoms with van der Waals surface area (Å²) >= 11 is 6.32. The van der Waals surface area contributed by atoms with Crippen molar-refractivity contribution >= 4 is 35.4 Å². The molecule has 4 rings (SSSR count). The number of fused-ring (bicyclic) bond motifs is 1. The summed E-state index contributed by atoms with van der Waals surface area (Å²) in [5.74, 6) is 1.09. The molecule has 0 aliphatic heterocycles. The third kappa shape index (κ3) is 4.43. The van der Waals surface area contributed by atoms with Crippen molar-refractivity contribution in [3.05, 3.63) is 71.5 Å². The van der Waals surface area contributed by atoms with Gasteiger partial charge >= 0.3 is 0 Å². The van der Waals surface area contributed by atoms with Crippen LogP contribution in [0.2, 0.25) is 5.02 Å². The Labute approximate surface area is 197 Å². The number of hydrogen-bond acceptors (Lipinski definition) is 5. The monoisotopic (exact) mass is 471 g/mol. The fourth-order valence-electron chi connectivity index (χ4n) is 3.44. The van der Waals surface area contributed by atoms with E-state index in [1.807, 2.05) is 41.1 Å². The fourth-order valence-corrected chi connectivity index (χ4v) is 3.68. The summed E-state index contributed by atoms with van der Waals surface area (Å²) in [6, 6.07) is 14.4. The van der Waals surface area contributed by atoms with Crippen molar-refractivity contribution in [2.75, 3.05) is 14.2 Å². The largest absolute Gasteiger partial charge is 0.496 e. The number of ether oxygens (including phenoxy) is 2. The van der Waals surface area contributed by atoms with E-state index in [1.165, 1.54) is 0 Å². The summed E-state index contributed by atoms with van der Waals surface area (Å²) in [7, 11) is 3.16. The fraction of sp³-hybridized carbons (Fsp3) is 0.167. The lowest BCUT2D eigenvalue weighted by atomic mass is 10.0. The highest BCUT2D eigenvalue weighted by molar-refractivity contribution is 6.32. The van der Waals surface area contributed by atoms with Gasteiger partial charge in [-0.2, -0.15) is 0 Å². The van der Waals surface area contributed by atoms with Crippen molar-refractivity contribution < 1.29 is 14.3 Å². The molecule has 2 aromatic carbocycles. The van der Waals surface area contributed by atoms with Gasteiger partial charge in [0.2, 0.25) is 0 Å². The lowest BCUT2D eigenvalue weighted by molar-refractivity contribution is 0.0968. The highest BCUT2D eigenvalue weighted by atomic mass is 35.5. The van der Waals surface area contributed by atoms with Gasteiger partial charge in [0.1, 0.15) is 17.1 Å². The lowest BCUT2D eigenvalue weighted by Crippen LogP contribution is -2.26. The molecule has 1 atom stereocenters. The molecule has 8 heteroatoms. The van der Waals surface area contributed by atoms with Crippen LogP contribution in [0.3, 0.4) is 0 Å². The summed E-state index contributed by atoms with van der Waals surface area (Å²) in [6.07, 6.45) is 3.87. The molecule has 32 heavy (non-hydrogen) atoms. The number of ketones is 1. The van der Waals surface area contributed by atoms with Crippen LogP contribution in [0, 0.1) is 0 Å². The van der Waals surface area contributed by atoms with E-state index >= 15 is 0 Å². The van der Waals surface area contributed by atoms with E-state index in [4.69, 9.17) is 31.8 Å². The molecule has 0 unspecified atom stereocenters. The maximum Gasteiger partial charge on any atom is 0.179 e. The zero-order chi connectivity index (χ0) is 22.1. The Morgan fingerprint density at radius 2 is 1.72 bits per heavy atom. The van der Waals surface area contributed by atoms with Crippen LogP contribution in [0.25, 0.3) is 28.0 Å². The second-order valence-electron chi connectivity index (χ2n) is 7.22. The minimum absolute atomic E-state index is 0. The summed E-state index contributed by atoms with van der Waals surface area (Å²) in [5, 5.41) is 0.484. The quantitative estimate of drug-likeness (QED) is 0.386. The number of carbonyl (C=O) groups is 1. The lowest BCUT2D eigenvalue weighted by Gasteiger charge is -2.10. The first-order valence-electron chi connectivity index (χ1n) is 9.72. The molecule has 6 nitrogen and oxygen atoms in total. The van der Waals surface area contributed by atoms with Gasteiger partial charge in [-0.3, -0.25) is 4.79 Å². The molecular formula is C24H23Cl2N3O3. The SMILES string of the molecule is COc1cc(OC)c(-c2cn3ccc(-c4ccc(C(=O)[C@H](C)N)cc4)cc3n2)cc1Cl.Cl. The Morgan fingerprint density at radius 1 is 1.03 bits per heavy atom. The van der Waals surface area contributed by atoms with Gasteiger partial charge in [0.25, 0.3) is 0 Å². The molecule has 0 spiro atoms. The van der Waals surface area contributed by atoms with E-state index < -0.39 is 6.04 Å². The van der Waals surface area contributed by atoms with Gasteiger partial charge in [0.05, 0.1) is 31.0 Å². The van der Waals surface area contributed by atoms with Gasteiger partial charge in [-0.25, -0.2) is 4.98 Å². The third-order valence-electron chi connectivity index (χ3n) is 5.13. The minimum atomic E-state index is -0.519. The number of nitrogens with zero attached hydrogens (tertiary/aromatic N) is 2. The van der Waals surface area contributed by atoms with Crippen molar-refractivity contribution in [2.24, 2.45) is 5.73 Å². The van der Waals surface area contributed by atoms with Crippen LogP contribution in [-0.2, 0) is 0 Å². The van der Waals surface area contributed by atoms with E-state index in [9.17, 15) is 4.79 Å². The number of benzene rings is 2. The molecule has 0 aliphatic carbocycles. The first-order chi connectivity index (χ1) is 14.9. The van der Waals surface area contributed by atoms with E-state index in [0.717, 1.165) is 28.0 Å². The molecule has 2 aromatic heterocycles. The van der Waals surface area contributed by atoms with Crippen LogP contribution in [0.4, 0.5) is 0 Å². The Hall–Kier alpha value is -3.06. The molecule has 4 aromatic rings. The predicted molar refractivity (Wildman–Crippen MR) is 129 cm³/mol. The maximum absolute atomic E-state index is 12.1. The van der Waals surface area contributed by atoms with Gasteiger partial charge in [0, 0.05) is 29.6 Å². The van der Waals surface area contributed by atoms with Crippen LogP contribution in [0.1, 0.15) is 17.3 Å². The second kappa shape index (κ2) is 9.61. The van der Waals surface area contributed by atoms with Gasteiger partial charge in [-0.05, 0) is 36.2 Å². The third-order valence-corrected chi connectivity index (χ3v) is 5.42. The average Bonchev–Trinajstić information content (AvgIpc) is 3.21. The van der Waals surface area contributed by atoms with E-state index in [2.05, 4.69) is 0 Å². The number of imidazole rings is 1. The van der Waals surface area contributed by atoms with Crippen LogP contribution >= 0.6 is 24.0 Å². The van der Waals surface area contributed by atoms with E-state index in [1.54, 1.807) is 45.4 Å². The number of carbonyl (C=O) groups excluding carboxylic acids is 1. The number of nitrogens with two attached hydrogens (primary N) is 1. The smallest absolute Gasteiger partial charge is 0.179 e. The van der Waals surface area contributed by atoms with Crippen molar-refractivity contribution in [1.29, 1.82) is 0 Å². The van der Waals surface area contributed by atoms with Crippen molar-refractivity contribution in [3.8, 4) is 33.9 Å². The zero-order valence-electron chi connectivity index (χ0n) is 17.8. The molecular weight excluding hydrogens is 449 g/mol. The van der Waals surface area contributed by atoms with Gasteiger partial charge in [-0.1, -0.05) is 35.9 Å². The Bertz CT molecular complexity index is 1270. The second-order valence-corrected chi connectivity index (χ2v) is 7.63. The zero-order valence-corrected chi connectivity index (χ0v) is 19.4. The van der Waals surface area contributed by atoms with Crippen molar-refractivity contribution in [3.63, 3.8) is 0 Å². The number of Topliss-reactive ketones (excluding diaryl/α,β-unsaturated/α-hetero) is 1. The van der Waals surface area contributed by atoms with Crippen molar-refractivity contribution in [1.82, 2.24) is 9.38 Å². The number of pyridine rings is 1. The Balaban J connectivity index is 0.00000289. The Kier molecular flexibility index (Phi) is 7.09. The summed E-state index contributed by atoms with van der Waals surface area (Å²) in [5.41, 5.74) is 10.6. The Morgan fingerprint density at radius 3 is 2.34 bits per heavy atom. The van der Waals surface area contributed by atoms with Gasteiger partial charge in [-0.15, -0.1) is 12.4 Å². The minimum Gasteiger partial charge on any atom is -0.496 e. The average molecular weight is 472 g/mol. The predicted octanol–water partition coefficient (Wildman–Crippen LogP) is 5.29. The number of aromatic nitrogens is 2. The highest BCUT2D eigenvalue weighted by Gasteiger charge is 2.15. The number of halogens is 2. The van der Waals surface area contributed by atoms with E-state index in [-0.39, 0.29) is 18.2 Å². The summed E-state index contributed by atoms with van der Waals surface area (Å²) < 4.78 is 12.7. The standard InChI is InChI=1S/C24H22ClN3O3.ClH/c1-14(26)24(29)16-6-4-15(5-7-16)17-8-9-28-13-20(27-23(28)10-17)18-11-19(25)22(31-3)12-21(18)30-2;/h4-14H,26H2,1-3H3;1H/t14-;/m0./s1. The first-order valence-corrected chi connectivity index (χ1v) is 10.1. The van der Waals surface area contributed by atoms with Crippen LogP contribution in [-0.4, -0.2) is 35.4 Å². The molecule has 2 heterocycles. The normalized spacial score (nSPS) is 11.7. The molecule has 0 aliphatic rings. The molecule has 0 bridgehead atoms. The number of hydrogen-bond donors (Lipinski definition) is 1. The van der Waals surface area contributed by atoms with Crippen LogP contribution < -0.4 is 15.2 Å². The number of methoxy groups -OCH3 is 2. The van der Waals surface area contributed by atoms with Gasteiger partial charge < -0.3 is 19.6 Å². The molecule has 0 fully saturated rings. The van der Waals surface area contributed by atoms with Crippen molar-refractivity contribution in [2.45, 2.75) is 13.0 Å². The first kappa shape index (κ1) is 23.6. The molecule has 0 amide bonds. The molecule has 0 saturated heterocycles. The molecule has 166 valence electrons. The van der Waals surface area contributed by atoms with Gasteiger partial charge in [0.15, 0.2) is 5.78 Å². The molecule has 0 radical (unpaired) electrons. The summed E-state index contributed by atoms with van der Waals surface area (Å²) in [4.78, 5) is 16.8. The number of rotatable bonds is 6. The maximum atomic E-state index is 12.1. The summed E-state index contributed by atoms with van der Waals surface area (Å²) in [6.45, 7) is 1.69. The molecule has 0 saturated carbocycles.